The SMILES string of the molecule is Cc1cc2cc(CC(=O)Nc3ccccc3Br)ccc2[nH]c1=O. The van der Waals surface area contributed by atoms with E-state index in [-0.39, 0.29) is 17.9 Å². The Labute approximate surface area is 141 Å². The molecule has 0 aliphatic carbocycles. The maximum Gasteiger partial charge on any atom is 0.251 e. The van der Waals surface area contributed by atoms with Crippen molar-refractivity contribution in [2.24, 2.45) is 0 Å². The zero-order valence-corrected chi connectivity index (χ0v) is 14.1. The zero-order valence-electron chi connectivity index (χ0n) is 12.5. The van der Waals surface area contributed by atoms with Crippen LogP contribution >= 0.6 is 15.9 Å². The Morgan fingerprint density at radius 1 is 1.17 bits per heavy atom. The number of anilines is 1. The summed E-state index contributed by atoms with van der Waals surface area (Å²) < 4.78 is 0.847. The van der Waals surface area contributed by atoms with Crippen molar-refractivity contribution in [1.82, 2.24) is 4.98 Å². The normalized spacial score (nSPS) is 10.7. The lowest BCUT2D eigenvalue weighted by atomic mass is 10.1. The van der Waals surface area contributed by atoms with Gasteiger partial charge in [-0.15, -0.1) is 0 Å². The van der Waals surface area contributed by atoms with Crippen LogP contribution in [-0.4, -0.2) is 10.9 Å². The zero-order chi connectivity index (χ0) is 16.4. The molecular weight excluding hydrogens is 356 g/mol. The minimum atomic E-state index is -0.0862. The standard InChI is InChI=1S/C18H15BrN2O2/c1-11-8-13-9-12(6-7-15(13)21-18(11)23)10-17(22)20-16-5-3-2-4-14(16)19/h2-9H,10H2,1H3,(H,20,22)(H,21,23). The molecule has 1 heterocycles. The summed E-state index contributed by atoms with van der Waals surface area (Å²) in [5.41, 5.74) is 2.99. The molecular formula is C18H15BrN2O2. The number of hydrogen-bond acceptors (Lipinski definition) is 2. The Morgan fingerprint density at radius 3 is 2.74 bits per heavy atom. The van der Waals surface area contributed by atoms with Crippen molar-refractivity contribution < 1.29 is 4.79 Å². The fourth-order valence-corrected chi connectivity index (χ4v) is 2.80. The van der Waals surface area contributed by atoms with Gasteiger partial charge in [-0.2, -0.15) is 0 Å². The Balaban J connectivity index is 1.81. The molecule has 0 bridgehead atoms. The van der Waals surface area contributed by atoms with Gasteiger partial charge in [0.15, 0.2) is 0 Å². The lowest BCUT2D eigenvalue weighted by molar-refractivity contribution is -0.115. The summed E-state index contributed by atoms with van der Waals surface area (Å²) in [6, 6.07) is 14.9. The van der Waals surface area contributed by atoms with Gasteiger partial charge >= 0.3 is 0 Å². The maximum absolute atomic E-state index is 12.2. The molecule has 3 aromatic rings. The number of fused-ring (bicyclic) bond motifs is 1. The van der Waals surface area contributed by atoms with E-state index in [4.69, 9.17) is 0 Å². The van der Waals surface area contributed by atoms with Crippen molar-refractivity contribution in [3.63, 3.8) is 0 Å². The van der Waals surface area contributed by atoms with Crippen LogP contribution < -0.4 is 10.9 Å². The Morgan fingerprint density at radius 2 is 1.96 bits per heavy atom. The van der Waals surface area contributed by atoms with E-state index in [1.165, 1.54) is 0 Å². The van der Waals surface area contributed by atoms with Crippen LogP contribution in [0.1, 0.15) is 11.1 Å². The first-order chi connectivity index (χ1) is 11.0. The molecule has 1 amide bonds. The molecule has 0 saturated heterocycles. The van der Waals surface area contributed by atoms with Crippen LogP contribution in [-0.2, 0) is 11.2 Å². The second-order valence-corrected chi connectivity index (χ2v) is 6.26. The quantitative estimate of drug-likeness (QED) is 0.736. The Hall–Kier alpha value is -2.40. The number of amides is 1. The number of H-pyrrole nitrogens is 1. The van der Waals surface area contributed by atoms with E-state index >= 15 is 0 Å². The first kappa shape index (κ1) is 15.5. The summed E-state index contributed by atoms with van der Waals surface area (Å²) in [4.78, 5) is 26.6. The first-order valence-corrected chi connectivity index (χ1v) is 7.99. The van der Waals surface area contributed by atoms with Gasteiger partial charge in [-0.05, 0) is 64.1 Å². The number of benzene rings is 2. The highest BCUT2D eigenvalue weighted by atomic mass is 79.9. The highest BCUT2D eigenvalue weighted by Crippen LogP contribution is 2.21. The molecule has 0 aliphatic rings. The van der Waals surface area contributed by atoms with E-state index in [0.717, 1.165) is 26.6 Å². The lowest BCUT2D eigenvalue weighted by Crippen LogP contribution is -2.15. The number of aromatic amines is 1. The monoisotopic (exact) mass is 370 g/mol. The lowest BCUT2D eigenvalue weighted by Gasteiger charge is -2.08. The summed E-state index contributed by atoms with van der Waals surface area (Å²) in [5, 5.41) is 3.81. The van der Waals surface area contributed by atoms with Gasteiger partial charge in [-0.3, -0.25) is 9.59 Å². The second kappa shape index (κ2) is 6.38. The third-order valence-corrected chi connectivity index (χ3v) is 4.30. The van der Waals surface area contributed by atoms with Gasteiger partial charge < -0.3 is 10.3 Å². The molecule has 3 rings (SSSR count). The second-order valence-electron chi connectivity index (χ2n) is 5.41. The van der Waals surface area contributed by atoms with Crippen molar-refractivity contribution in [3.8, 4) is 0 Å². The van der Waals surface area contributed by atoms with E-state index in [9.17, 15) is 9.59 Å². The van der Waals surface area contributed by atoms with E-state index in [2.05, 4.69) is 26.2 Å². The van der Waals surface area contributed by atoms with Crippen LogP contribution in [0.3, 0.4) is 0 Å². The van der Waals surface area contributed by atoms with Crippen LogP contribution in [0.25, 0.3) is 10.9 Å². The Bertz CT molecular complexity index is 947. The van der Waals surface area contributed by atoms with Gasteiger partial charge in [-0.1, -0.05) is 18.2 Å². The molecule has 0 spiro atoms. The molecule has 0 fully saturated rings. The fraction of sp³-hybridized carbons (Fsp3) is 0.111. The highest BCUT2D eigenvalue weighted by Gasteiger charge is 2.07. The summed E-state index contributed by atoms with van der Waals surface area (Å²) in [7, 11) is 0. The molecule has 0 saturated carbocycles. The summed E-state index contributed by atoms with van der Waals surface area (Å²) in [6.45, 7) is 1.77. The number of pyridine rings is 1. The van der Waals surface area contributed by atoms with Gasteiger partial charge in [0.25, 0.3) is 5.56 Å². The van der Waals surface area contributed by atoms with Crippen molar-refractivity contribution in [2.75, 3.05) is 5.32 Å². The van der Waals surface area contributed by atoms with Crippen molar-refractivity contribution in [1.29, 1.82) is 0 Å². The van der Waals surface area contributed by atoms with Gasteiger partial charge in [0.1, 0.15) is 0 Å². The minimum absolute atomic E-state index is 0.0857. The van der Waals surface area contributed by atoms with Crippen molar-refractivity contribution >= 4 is 38.4 Å². The van der Waals surface area contributed by atoms with Crippen molar-refractivity contribution in [2.45, 2.75) is 13.3 Å². The number of hydrogen-bond donors (Lipinski definition) is 2. The number of rotatable bonds is 3. The molecule has 0 unspecified atom stereocenters. The Kier molecular flexibility index (Phi) is 4.30. The van der Waals surface area contributed by atoms with E-state index in [1.54, 1.807) is 6.92 Å². The summed E-state index contributed by atoms with van der Waals surface area (Å²) in [6.07, 6.45) is 0.273. The number of nitrogens with one attached hydrogen (secondary N) is 2. The first-order valence-electron chi connectivity index (χ1n) is 7.20. The summed E-state index contributed by atoms with van der Waals surface area (Å²) >= 11 is 3.41. The largest absolute Gasteiger partial charge is 0.325 e. The average molecular weight is 371 g/mol. The highest BCUT2D eigenvalue weighted by molar-refractivity contribution is 9.10. The van der Waals surface area contributed by atoms with Gasteiger partial charge in [0.05, 0.1) is 12.1 Å². The minimum Gasteiger partial charge on any atom is -0.325 e. The number of aryl methyl sites for hydroxylation is 1. The number of aromatic nitrogens is 1. The average Bonchev–Trinajstić information content (AvgIpc) is 2.51. The molecule has 0 aliphatic heterocycles. The topological polar surface area (TPSA) is 62.0 Å². The molecule has 0 radical (unpaired) electrons. The predicted octanol–water partition coefficient (Wildman–Crippen LogP) is 3.78. The number of para-hydroxylation sites is 1. The summed E-state index contributed by atoms with van der Waals surface area (Å²) in [5.74, 6) is -0.0857. The van der Waals surface area contributed by atoms with Crippen LogP contribution in [0.2, 0.25) is 0 Å². The molecule has 5 heteroatoms. The van der Waals surface area contributed by atoms with Gasteiger partial charge in [-0.25, -0.2) is 0 Å². The number of halogens is 1. The van der Waals surface area contributed by atoms with Crippen LogP contribution in [0, 0.1) is 6.92 Å². The van der Waals surface area contributed by atoms with E-state index < -0.39 is 0 Å². The fourth-order valence-electron chi connectivity index (χ4n) is 2.42. The third-order valence-electron chi connectivity index (χ3n) is 3.61. The van der Waals surface area contributed by atoms with Gasteiger partial charge in [0.2, 0.25) is 5.91 Å². The third kappa shape index (κ3) is 3.51. The number of carbonyl (C=O) groups excluding carboxylic acids is 1. The molecule has 2 N–H and O–H groups in total. The van der Waals surface area contributed by atoms with Crippen LogP contribution in [0.15, 0.2) is 57.8 Å². The maximum atomic E-state index is 12.2. The molecule has 116 valence electrons. The molecule has 0 atom stereocenters. The molecule has 1 aromatic heterocycles. The smallest absolute Gasteiger partial charge is 0.251 e. The molecule has 2 aromatic carbocycles. The number of carbonyl (C=O) groups is 1. The van der Waals surface area contributed by atoms with Crippen LogP contribution in [0.5, 0.6) is 0 Å². The van der Waals surface area contributed by atoms with Crippen molar-refractivity contribution in [3.05, 3.63) is 74.5 Å². The van der Waals surface area contributed by atoms with E-state index in [0.29, 0.717) is 5.56 Å². The van der Waals surface area contributed by atoms with Crippen LogP contribution in [0.4, 0.5) is 5.69 Å². The van der Waals surface area contributed by atoms with Gasteiger partial charge in [0, 0.05) is 15.6 Å². The predicted molar refractivity (Wildman–Crippen MR) is 95.8 cm³/mol. The van der Waals surface area contributed by atoms with E-state index in [1.807, 2.05) is 48.5 Å². The molecule has 23 heavy (non-hydrogen) atoms. The molecule has 4 nitrogen and oxygen atoms in total.